The Kier molecular flexibility index (Phi) is 7.52. The standard InChI is InChI=1S/C16H30O4/c1-5-16(3,4)15(17)19-11-10-18-12-20-14-9-7-6-8-13(14)2/h13-14H,5-12H2,1-4H3. The van der Waals surface area contributed by atoms with Crippen molar-refractivity contribution >= 4 is 5.97 Å². The number of esters is 1. The van der Waals surface area contributed by atoms with Crippen molar-refractivity contribution < 1.29 is 19.0 Å². The highest BCUT2D eigenvalue weighted by Crippen LogP contribution is 2.26. The van der Waals surface area contributed by atoms with E-state index in [1.54, 1.807) is 0 Å². The van der Waals surface area contributed by atoms with Gasteiger partial charge >= 0.3 is 5.97 Å². The molecule has 0 aromatic rings. The highest BCUT2D eigenvalue weighted by Gasteiger charge is 2.26. The van der Waals surface area contributed by atoms with Crippen LogP contribution < -0.4 is 0 Å². The molecule has 0 aliphatic heterocycles. The van der Waals surface area contributed by atoms with Crippen molar-refractivity contribution in [2.75, 3.05) is 20.0 Å². The van der Waals surface area contributed by atoms with Crippen LogP contribution in [0.5, 0.6) is 0 Å². The zero-order valence-corrected chi connectivity index (χ0v) is 13.4. The van der Waals surface area contributed by atoms with Gasteiger partial charge in [-0.05, 0) is 39.0 Å². The minimum absolute atomic E-state index is 0.162. The molecule has 0 bridgehead atoms. The molecule has 4 heteroatoms. The van der Waals surface area contributed by atoms with Gasteiger partial charge in [0.05, 0.1) is 18.1 Å². The van der Waals surface area contributed by atoms with Crippen molar-refractivity contribution in [3.05, 3.63) is 0 Å². The van der Waals surface area contributed by atoms with E-state index >= 15 is 0 Å². The maximum atomic E-state index is 11.7. The third-order valence-corrected chi connectivity index (χ3v) is 4.30. The molecule has 0 N–H and O–H groups in total. The van der Waals surface area contributed by atoms with Crippen molar-refractivity contribution in [3.8, 4) is 0 Å². The molecule has 0 aromatic heterocycles. The molecule has 2 unspecified atom stereocenters. The van der Waals surface area contributed by atoms with Gasteiger partial charge in [0.1, 0.15) is 13.4 Å². The summed E-state index contributed by atoms with van der Waals surface area (Å²) in [6.07, 6.45) is 6.03. The zero-order valence-electron chi connectivity index (χ0n) is 13.4. The number of ether oxygens (including phenoxy) is 3. The molecule has 2 atom stereocenters. The van der Waals surface area contributed by atoms with Gasteiger partial charge in [0, 0.05) is 0 Å². The van der Waals surface area contributed by atoms with Gasteiger partial charge < -0.3 is 14.2 Å². The second kappa shape index (κ2) is 8.63. The molecule has 0 heterocycles. The third kappa shape index (κ3) is 5.80. The first-order valence-electron chi connectivity index (χ1n) is 7.84. The van der Waals surface area contributed by atoms with Crippen molar-refractivity contribution in [1.82, 2.24) is 0 Å². The van der Waals surface area contributed by atoms with E-state index in [1.807, 2.05) is 20.8 Å². The molecule has 0 radical (unpaired) electrons. The summed E-state index contributed by atoms with van der Waals surface area (Å²) < 4.78 is 16.3. The topological polar surface area (TPSA) is 44.8 Å². The van der Waals surface area contributed by atoms with Crippen LogP contribution >= 0.6 is 0 Å². The molecular weight excluding hydrogens is 256 g/mol. The van der Waals surface area contributed by atoms with Gasteiger partial charge in [-0.2, -0.15) is 0 Å². The Morgan fingerprint density at radius 2 is 1.90 bits per heavy atom. The Morgan fingerprint density at radius 1 is 1.20 bits per heavy atom. The normalized spacial score (nSPS) is 23.6. The number of rotatable bonds is 8. The Labute approximate surface area is 123 Å². The fourth-order valence-corrected chi connectivity index (χ4v) is 2.26. The summed E-state index contributed by atoms with van der Waals surface area (Å²) in [5.41, 5.74) is -0.409. The predicted octanol–water partition coefficient (Wildman–Crippen LogP) is 3.54. The van der Waals surface area contributed by atoms with E-state index in [0.717, 1.165) is 12.8 Å². The van der Waals surface area contributed by atoms with Crippen LogP contribution in [-0.2, 0) is 19.0 Å². The lowest BCUT2D eigenvalue weighted by Crippen LogP contribution is -2.28. The van der Waals surface area contributed by atoms with Gasteiger partial charge in [-0.3, -0.25) is 4.79 Å². The highest BCUT2D eigenvalue weighted by molar-refractivity contribution is 5.75. The minimum atomic E-state index is -0.409. The lowest BCUT2D eigenvalue weighted by Gasteiger charge is -2.28. The number of hydrogen-bond acceptors (Lipinski definition) is 4. The second-order valence-corrected chi connectivity index (χ2v) is 6.37. The molecule has 1 aliphatic rings. The molecule has 0 amide bonds. The van der Waals surface area contributed by atoms with E-state index < -0.39 is 5.41 Å². The summed E-state index contributed by atoms with van der Waals surface area (Å²) in [5, 5.41) is 0. The van der Waals surface area contributed by atoms with E-state index in [1.165, 1.54) is 19.3 Å². The largest absolute Gasteiger partial charge is 0.463 e. The van der Waals surface area contributed by atoms with Crippen molar-refractivity contribution in [3.63, 3.8) is 0 Å². The van der Waals surface area contributed by atoms with Crippen molar-refractivity contribution in [2.24, 2.45) is 11.3 Å². The van der Waals surface area contributed by atoms with Crippen LogP contribution in [0.3, 0.4) is 0 Å². The summed E-state index contributed by atoms with van der Waals surface area (Å²) in [5.74, 6) is 0.459. The zero-order chi connectivity index (χ0) is 15.0. The smallest absolute Gasteiger partial charge is 0.311 e. The fourth-order valence-electron chi connectivity index (χ4n) is 2.26. The molecule has 20 heavy (non-hydrogen) atoms. The van der Waals surface area contributed by atoms with Gasteiger partial charge in [-0.1, -0.05) is 26.7 Å². The van der Waals surface area contributed by atoms with Crippen LogP contribution in [0.25, 0.3) is 0 Å². The van der Waals surface area contributed by atoms with Gasteiger partial charge in [0.2, 0.25) is 0 Å². The maximum Gasteiger partial charge on any atom is 0.311 e. The van der Waals surface area contributed by atoms with Crippen molar-refractivity contribution in [2.45, 2.75) is 65.9 Å². The van der Waals surface area contributed by atoms with Gasteiger partial charge in [0.25, 0.3) is 0 Å². The minimum Gasteiger partial charge on any atom is -0.463 e. The van der Waals surface area contributed by atoms with Crippen LogP contribution in [0, 0.1) is 11.3 Å². The number of hydrogen-bond donors (Lipinski definition) is 0. The first-order chi connectivity index (χ1) is 9.47. The summed E-state index contributed by atoms with van der Waals surface area (Å²) in [7, 11) is 0. The first kappa shape index (κ1) is 17.4. The fraction of sp³-hybridized carbons (Fsp3) is 0.938. The SMILES string of the molecule is CCC(C)(C)C(=O)OCCOCOC1CCCCC1C. The monoisotopic (exact) mass is 286 g/mol. The molecule has 0 spiro atoms. The molecule has 1 rings (SSSR count). The molecule has 4 nitrogen and oxygen atoms in total. The van der Waals surface area contributed by atoms with E-state index in [4.69, 9.17) is 14.2 Å². The highest BCUT2D eigenvalue weighted by atomic mass is 16.7. The average Bonchev–Trinajstić information content (AvgIpc) is 2.44. The van der Waals surface area contributed by atoms with E-state index in [2.05, 4.69) is 6.92 Å². The van der Waals surface area contributed by atoms with Gasteiger partial charge in [-0.25, -0.2) is 0 Å². The molecule has 1 saturated carbocycles. The number of carbonyl (C=O) groups excluding carboxylic acids is 1. The van der Waals surface area contributed by atoms with Crippen LogP contribution in [0.1, 0.15) is 59.8 Å². The molecule has 0 saturated heterocycles. The lowest BCUT2D eigenvalue weighted by molar-refractivity contribution is -0.159. The molecule has 118 valence electrons. The van der Waals surface area contributed by atoms with Gasteiger partial charge in [-0.15, -0.1) is 0 Å². The van der Waals surface area contributed by atoms with Crippen LogP contribution in [0.15, 0.2) is 0 Å². The van der Waals surface area contributed by atoms with Crippen LogP contribution in [0.4, 0.5) is 0 Å². The third-order valence-electron chi connectivity index (χ3n) is 4.30. The van der Waals surface area contributed by atoms with Gasteiger partial charge in [0.15, 0.2) is 0 Å². The Bertz CT molecular complexity index is 288. The van der Waals surface area contributed by atoms with E-state index in [0.29, 0.717) is 32.0 Å². The van der Waals surface area contributed by atoms with Crippen LogP contribution in [0.2, 0.25) is 0 Å². The van der Waals surface area contributed by atoms with E-state index in [9.17, 15) is 4.79 Å². The Morgan fingerprint density at radius 3 is 2.55 bits per heavy atom. The van der Waals surface area contributed by atoms with Crippen LogP contribution in [-0.4, -0.2) is 32.1 Å². The second-order valence-electron chi connectivity index (χ2n) is 6.37. The molecule has 1 fully saturated rings. The molecular formula is C16H30O4. The first-order valence-corrected chi connectivity index (χ1v) is 7.84. The summed E-state index contributed by atoms with van der Waals surface area (Å²) in [6, 6.07) is 0. The summed E-state index contributed by atoms with van der Waals surface area (Å²) in [4.78, 5) is 11.7. The Balaban J connectivity index is 2.03. The quantitative estimate of drug-likeness (QED) is 0.389. The Hall–Kier alpha value is -0.610. The molecule has 1 aliphatic carbocycles. The number of carbonyl (C=O) groups is 1. The average molecular weight is 286 g/mol. The lowest BCUT2D eigenvalue weighted by atomic mass is 9.88. The predicted molar refractivity (Wildman–Crippen MR) is 78.4 cm³/mol. The maximum absolute atomic E-state index is 11.7. The molecule has 0 aromatic carbocycles. The van der Waals surface area contributed by atoms with E-state index in [-0.39, 0.29) is 5.97 Å². The summed E-state index contributed by atoms with van der Waals surface area (Å²) >= 11 is 0. The van der Waals surface area contributed by atoms with Crippen molar-refractivity contribution in [1.29, 1.82) is 0 Å². The summed E-state index contributed by atoms with van der Waals surface area (Å²) in [6.45, 7) is 8.99.